The van der Waals surface area contributed by atoms with Crippen LogP contribution in [0.5, 0.6) is 5.75 Å². The van der Waals surface area contributed by atoms with Crippen LogP contribution in [0.2, 0.25) is 0 Å². The first-order valence-corrected chi connectivity index (χ1v) is 7.76. The molecule has 1 N–H and O–H groups in total. The van der Waals surface area contributed by atoms with Gasteiger partial charge >= 0.3 is 5.97 Å². The topological polar surface area (TPSA) is 66.8 Å². The van der Waals surface area contributed by atoms with E-state index in [2.05, 4.69) is 0 Å². The van der Waals surface area contributed by atoms with Crippen molar-refractivity contribution in [1.29, 1.82) is 0 Å². The fraction of sp³-hybridized carbons (Fsp3) is 0.333. The van der Waals surface area contributed by atoms with E-state index in [1.54, 1.807) is 4.90 Å². The van der Waals surface area contributed by atoms with Crippen molar-refractivity contribution >= 4 is 22.6 Å². The third kappa shape index (κ3) is 3.44. The number of carboxylic acid groups (broad SMARTS) is 1. The lowest BCUT2D eigenvalue weighted by Crippen LogP contribution is -2.44. The van der Waals surface area contributed by atoms with E-state index in [4.69, 9.17) is 9.84 Å². The summed E-state index contributed by atoms with van der Waals surface area (Å²) < 4.78 is 5.69. The first kappa shape index (κ1) is 15.3. The van der Waals surface area contributed by atoms with E-state index in [0.717, 1.165) is 17.2 Å². The van der Waals surface area contributed by atoms with Crippen LogP contribution in [0.15, 0.2) is 42.5 Å². The molecule has 0 saturated carbocycles. The van der Waals surface area contributed by atoms with E-state index < -0.39 is 11.9 Å². The summed E-state index contributed by atoms with van der Waals surface area (Å²) in [5, 5.41) is 11.1. The number of hydrogen-bond donors (Lipinski definition) is 1. The average molecular weight is 313 g/mol. The Morgan fingerprint density at radius 2 is 1.96 bits per heavy atom. The number of aliphatic carboxylic acids is 1. The van der Waals surface area contributed by atoms with E-state index in [1.165, 1.54) is 0 Å². The second kappa shape index (κ2) is 6.69. The summed E-state index contributed by atoms with van der Waals surface area (Å²) >= 11 is 0. The maximum atomic E-state index is 12.3. The van der Waals surface area contributed by atoms with Crippen LogP contribution in [-0.4, -0.2) is 41.6 Å². The minimum Gasteiger partial charge on any atom is -0.483 e. The number of carbonyl (C=O) groups excluding carboxylic acids is 1. The van der Waals surface area contributed by atoms with Crippen molar-refractivity contribution in [2.75, 3.05) is 19.7 Å². The first-order chi connectivity index (χ1) is 11.1. The fourth-order valence-electron chi connectivity index (χ4n) is 2.96. The SMILES string of the molecule is O=C(O)[C@H]1CCCN(C(=O)COc2cccc3ccccc23)C1. The first-order valence-electron chi connectivity index (χ1n) is 7.76. The Morgan fingerprint density at radius 1 is 1.17 bits per heavy atom. The maximum absolute atomic E-state index is 12.3. The van der Waals surface area contributed by atoms with E-state index >= 15 is 0 Å². The molecule has 1 amide bonds. The molecule has 0 spiro atoms. The van der Waals surface area contributed by atoms with Crippen molar-refractivity contribution < 1.29 is 19.4 Å². The van der Waals surface area contributed by atoms with Gasteiger partial charge in [-0.2, -0.15) is 0 Å². The molecule has 0 aromatic heterocycles. The molecular formula is C18H19NO4. The third-order valence-corrected chi connectivity index (χ3v) is 4.22. The van der Waals surface area contributed by atoms with E-state index in [9.17, 15) is 9.59 Å². The largest absolute Gasteiger partial charge is 0.483 e. The predicted molar refractivity (Wildman–Crippen MR) is 86.4 cm³/mol. The normalized spacial score (nSPS) is 17.9. The number of carboxylic acids is 1. The van der Waals surface area contributed by atoms with Gasteiger partial charge in [-0.15, -0.1) is 0 Å². The van der Waals surface area contributed by atoms with Gasteiger partial charge in [-0.05, 0) is 24.3 Å². The van der Waals surface area contributed by atoms with Gasteiger partial charge in [-0.1, -0.05) is 36.4 Å². The Morgan fingerprint density at radius 3 is 2.78 bits per heavy atom. The number of carbonyl (C=O) groups is 2. The van der Waals surface area contributed by atoms with Crippen molar-refractivity contribution in [2.24, 2.45) is 5.92 Å². The zero-order valence-electron chi connectivity index (χ0n) is 12.8. The van der Waals surface area contributed by atoms with Gasteiger partial charge in [0.1, 0.15) is 5.75 Å². The molecule has 1 saturated heterocycles. The summed E-state index contributed by atoms with van der Waals surface area (Å²) in [6.45, 7) is 0.801. The Labute approximate surface area is 134 Å². The molecule has 0 bridgehead atoms. The lowest BCUT2D eigenvalue weighted by molar-refractivity contribution is -0.146. The maximum Gasteiger partial charge on any atom is 0.308 e. The monoisotopic (exact) mass is 313 g/mol. The Hall–Kier alpha value is -2.56. The van der Waals surface area contributed by atoms with Gasteiger partial charge in [0.05, 0.1) is 5.92 Å². The number of ether oxygens (including phenoxy) is 1. The molecule has 2 aromatic rings. The van der Waals surface area contributed by atoms with Crippen molar-refractivity contribution in [2.45, 2.75) is 12.8 Å². The lowest BCUT2D eigenvalue weighted by atomic mass is 9.98. The zero-order valence-corrected chi connectivity index (χ0v) is 12.8. The molecule has 120 valence electrons. The van der Waals surface area contributed by atoms with Crippen molar-refractivity contribution in [3.8, 4) is 5.75 Å². The number of piperidine rings is 1. The molecule has 1 heterocycles. The molecule has 0 radical (unpaired) electrons. The van der Waals surface area contributed by atoms with Gasteiger partial charge in [0.15, 0.2) is 6.61 Å². The van der Waals surface area contributed by atoms with Crippen molar-refractivity contribution in [3.05, 3.63) is 42.5 Å². The minimum absolute atomic E-state index is 0.0691. The minimum atomic E-state index is -0.836. The molecule has 5 nitrogen and oxygen atoms in total. The Kier molecular flexibility index (Phi) is 4.46. The number of likely N-dealkylation sites (tertiary alicyclic amines) is 1. The lowest BCUT2D eigenvalue weighted by Gasteiger charge is -2.30. The second-order valence-electron chi connectivity index (χ2n) is 5.78. The van der Waals surface area contributed by atoms with E-state index in [1.807, 2.05) is 42.5 Å². The molecule has 0 aliphatic carbocycles. The summed E-state index contributed by atoms with van der Waals surface area (Å²) in [6, 6.07) is 13.6. The zero-order chi connectivity index (χ0) is 16.2. The molecule has 1 aliphatic heterocycles. The second-order valence-corrected chi connectivity index (χ2v) is 5.78. The number of hydrogen-bond acceptors (Lipinski definition) is 3. The molecule has 1 fully saturated rings. The van der Waals surface area contributed by atoms with Crippen LogP contribution in [0.1, 0.15) is 12.8 Å². The molecule has 3 rings (SSSR count). The summed E-state index contributed by atoms with van der Waals surface area (Å²) in [7, 11) is 0. The number of nitrogens with zero attached hydrogens (tertiary/aromatic N) is 1. The molecule has 0 unspecified atom stereocenters. The van der Waals surface area contributed by atoms with Gasteiger partial charge in [-0.25, -0.2) is 0 Å². The number of rotatable bonds is 4. The van der Waals surface area contributed by atoms with Gasteiger partial charge in [-0.3, -0.25) is 9.59 Å². The summed E-state index contributed by atoms with van der Waals surface area (Å²) in [5.74, 6) is -0.796. The van der Waals surface area contributed by atoms with Crippen LogP contribution in [0.3, 0.4) is 0 Å². The molecule has 5 heteroatoms. The van der Waals surface area contributed by atoms with Gasteiger partial charge < -0.3 is 14.7 Å². The Balaban J connectivity index is 1.65. The highest BCUT2D eigenvalue weighted by Crippen LogP contribution is 2.25. The number of fused-ring (bicyclic) bond motifs is 1. The van der Waals surface area contributed by atoms with Crippen LogP contribution >= 0.6 is 0 Å². The van der Waals surface area contributed by atoms with Crippen LogP contribution in [-0.2, 0) is 9.59 Å². The van der Waals surface area contributed by atoms with Gasteiger partial charge in [0.25, 0.3) is 5.91 Å². The highest BCUT2D eigenvalue weighted by atomic mass is 16.5. The smallest absolute Gasteiger partial charge is 0.308 e. The van der Waals surface area contributed by atoms with Crippen LogP contribution in [0.4, 0.5) is 0 Å². The standard InChI is InChI=1S/C18H19NO4/c20-17(19-10-4-7-14(11-19)18(21)22)12-23-16-9-3-6-13-5-1-2-8-15(13)16/h1-3,5-6,8-9,14H,4,7,10-12H2,(H,21,22)/t14-/m0/s1. The average Bonchev–Trinajstić information content (AvgIpc) is 2.59. The molecule has 2 aromatic carbocycles. The fourth-order valence-corrected chi connectivity index (χ4v) is 2.96. The van der Waals surface area contributed by atoms with Gasteiger partial charge in [0.2, 0.25) is 0 Å². The van der Waals surface area contributed by atoms with Crippen molar-refractivity contribution in [1.82, 2.24) is 4.90 Å². The number of benzene rings is 2. The summed E-state index contributed by atoms with van der Waals surface area (Å²) in [4.78, 5) is 25.0. The molecule has 1 atom stereocenters. The number of amides is 1. The molecule has 23 heavy (non-hydrogen) atoms. The van der Waals surface area contributed by atoms with Crippen LogP contribution in [0, 0.1) is 5.92 Å². The quantitative estimate of drug-likeness (QED) is 0.942. The predicted octanol–water partition coefficient (Wildman–Crippen LogP) is 2.54. The van der Waals surface area contributed by atoms with Crippen molar-refractivity contribution in [3.63, 3.8) is 0 Å². The third-order valence-electron chi connectivity index (χ3n) is 4.22. The summed E-state index contributed by atoms with van der Waals surface area (Å²) in [6.07, 6.45) is 1.35. The van der Waals surface area contributed by atoms with E-state index in [-0.39, 0.29) is 19.1 Å². The van der Waals surface area contributed by atoms with Gasteiger partial charge in [0, 0.05) is 18.5 Å². The van der Waals surface area contributed by atoms with Crippen LogP contribution in [0.25, 0.3) is 10.8 Å². The highest BCUT2D eigenvalue weighted by Gasteiger charge is 2.28. The molecule has 1 aliphatic rings. The van der Waals surface area contributed by atoms with Crippen LogP contribution < -0.4 is 4.74 Å². The highest BCUT2D eigenvalue weighted by molar-refractivity contribution is 5.88. The van der Waals surface area contributed by atoms with E-state index in [0.29, 0.717) is 18.7 Å². The summed E-state index contributed by atoms with van der Waals surface area (Å²) in [5.41, 5.74) is 0. The Bertz CT molecular complexity index is 723. The molecular weight excluding hydrogens is 294 g/mol.